The molecule has 6 heteroatoms. The van der Waals surface area contributed by atoms with E-state index in [9.17, 15) is 4.79 Å². The maximum atomic E-state index is 13.0. The summed E-state index contributed by atoms with van der Waals surface area (Å²) >= 11 is 3.45. The van der Waals surface area contributed by atoms with Gasteiger partial charge in [0.2, 0.25) is 0 Å². The first-order chi connectivity index (χ1) is 12.2. The normalized spacial score (nSPS) is 11.8. The average Bonchev–Trinajstić information content (AvgIpc) is 2.82. The fourth-order valence-electron chi connectivity index (χ4n) is 3.28. The Hall–Kier alpha value is -2.21. The molecule has 0 aliphatic rings. The van der Waals surface area contributed by atoms with Crippen LogP contribution in [0.15, 0.2) is 34.8 Å². The fourth-order valence-corrected chi connectivity index (χ4v) is 3.54. The summed E-state index contributed by atoms with van der Waals surface area (Å²) in [7, 11) is 1.85. The first-order valence-corrected chi connectivity index (χ1v) is 9.33. The Bertz CT molecular complexity index is 974. The molecule has 0 radical (unpaired) electrons. The van der Waals surface area contributed by atoms with Gasteiger partial charge in [0.25, 0.3) is 5.91 Å². The molecule has 0 saturated heterocycles. The zero-order valence-corrected chi connectivity index (χ0v) is 17.3. The van der Waals surface area contributed by atoms with Crippen LogP contribution in [0.4, 0.5) is 0 Å². The van der Waals surface area contributed by atoms with E-state index in [4.69, 9.17) is 0 Å². The molecule has 0 unspecified atom stereocenters. The van der Waals surface area contributed by atoms with E-state index in [0.717, 1.165) is 33.3 Å². The minimum atomic E-state index is -0.384. The number of fused-ring (bicyclic) bond motifs is 1. The highest BCUT2D eigenvalue weighted by Crippen LogP contribution is 2.23. The summed E-state index contributed by atoms with van der Waals surface area (Å²) in [4.78, 5) is 17.6. The molecule has 1 amide bonds. The Labute approximate surface area is 161 Å². The van der Waals surface area contributed by atoms with Crippen LogP contribution >= 0.6 is 15.9 Å². The molecule has 0 spiro atoms. The van der Waals surface area contributed by atoms with E-state index in [1.54, 1.807) is 4.68 Å². The third-order valence-electron chi connectivity index (χ3n) is 4.35. The van der Waals surface area contributed by atoms with Crippen LogP contribution in [0.1, 0.15) is 41.2 Å². The number of aromatic nitrogens is 3. The van der Waals surface area contributed by atoms with E-state index in [2.05, 4.69) is 43.5 Å². The lowest BCUT2D eigenvalue weighted by Crippen LogP contribution is -2.45. The smallest absolute Gasteiger partial charge is 0.252 e. The molecule has 0 fully saturated rings. The maximum absolute atomic E-state index is 13.0. The fraction of sp³-hybridized carbons (Fsp3) is 0.350. The summed E-state index contributed by atoms with van der Waals surface area (Å²) in [6.07, 6.45) is 0.741. The van der Waals surface area contributed by atoms with Crippen molar-refractivity contribution in [2.24, 2.45) is 7.05 Å². The number of carbonyl (C=O) groups is 1. The second-order valence-electron chi connectivity index (χ2n) is 7.36. The first kappa shape index (κ1) is 18.6. The number of hydrogen-bond acceptors (Lipinski definition) is 3. The highest BCUT2D eigenvalue weighted by atomic mass is 79.9. The highest BCUT2D eigenvalue weighted by Gasteiger charge is 2.24. The third-order valence-corrected chi connectivity index (χ3v) is 4.88. The number of nitrogens with zero attached hydrogens (tertiary/aromatic N) is 3. The number of aryl methyl sites for hydroxylation is 3. The van der Waals surface area contributed by atoms with Crippen molar-refractivity contribution < 1.29 is 4.79 Å². The minimum Gasteiger partial charge on any atom is -0.347 e. The van der Waals surface area contributed by atoms with Gasteiger partial charge in [-0.15, -0.1) is 0 Å². The van der Waals surface area contributed by atoms with Gasteiger partial charge in [-0.2, -0.15) is 5.10 Å². The van der Waals surface area contributed by atoms with Crippen LogP contribution in [0, 0.1) is 13.8 Å². The van der Waals surface area contributed by atoms with Crippen molar-refractivity contribution in [1.29, 1.82) is 0 Å². The number of carbonyl (C=O) groups excluding carboxylic acids is 1. The maximum Gasteiger partial charge on any atom is 0.252 e. The molecule has 0 aliphatic carbocycles. The van der Waals surface area contributed by atoms with E-state index in [1.807, 2.05) is 52.9 Å². The van der Waals surface area contributed by atoms with E-state index in [1.165, 1.54) is 5.56 Å². The van der Waals surface area contributed by atoms with Gasteiger partial charge in [0.05, 0.1) is 16.6 Å². The SMILES string of the molecule is Cc1cc(C(=O)NC(C)(C)Cc2ccc(Br)cc2)c2c(C)nn(C)c2n1. The lowest BCUT2D eigenvalue weighted by atomic mass is 9.94. The Balaban J connectivity index is 1.89. The van der Waals surface area contributed by atoms with Gasteiger partial charge in [0.15, 0.2) is 5.65 Å². The van der Waals surface area contributed by atoms with Gasteiger partial charge in [-0.05, 0) is 57.9 Å². The number of rotatable bonds is 4. The second-order valence-corrected chi connectivity index (χ2v) is 8.28. The van der Waals surface area contributed by atoms with Gasteiger partial charge in [-0.25, -0.2) is 4.98 Å². The van der Waals surface area contributed by atoms with Crippen LogP contribution in [-0.2, 0) is 13.5 Å². The van der Waals surface area contributed by atoms with Crippen molar-refractivity contribution in [1.82, 2.24) is 20.1 Å². The molecule has 0 atom stereocenters. The van der Waals surface area contributed by atoms with Crippen molar-refractivity contribution in [2.75, 3.05) is 0 Å². The molecule has 3 rings (SSSR count). The number of nitrogens with one attached hydrogen (secondary N) is 1. The van der Waals surface area contributed by atoms with Gasteiger partial charge in [0, 0.05) is 22.8 Å². The molecule has 136 valence electrons. The molecule has 2 heterocycles. The molecular weight excluding hydrogens is 392 g/mol. The van der Waals surface area contributed by atoms with Gasteiger partial charge in [0.1, 0.15) is 0 Å². The molecule has 5 nitrogen and oxygen atoms in total. The lowest BCUT2D eigenvalue weighted by Gasteiger charge is -2.27. The van der Waals surface area contributed by atoms with Crippen LogP contribution in [0.2, 0.25) is 0 Å². The molecule has 1 aromatic carbocycles. The number of hydrogen-bond donors (Lipinski definition) is 1. The first-order valence-electron chi connectivity index (χ1n) is 8.54. The Morgan fingerprint density at radius 2 is 1.88 bits per heavy atom. The van der Waals surface area contributed by atoms with Crippen LogP contribution in [-0.4, -0.2) is 26.2 Å². The van der Waals surface area contributed by atoms with Gasteiger partial charge < -0.3 is 5.32 Å². The lowest BCUT2D eigenvalue weighted by molar-refractivity contribution is 0.0914. The average molecular weight is 415 g/mol. The van der Waals surface area contributed by atoms with Crippen LogP contribution in [0.5, 0.6) is 0 Å². The summed E-state index contributed by atoms with van der Waals surface area (Å²) < 4.78 is 2.77. The Morgan fingerprint density at radius 1 is 1.23 bits per heavy atom. The molecule has 0 saturated carbocycles. The summed E-state index contributed by atoms with van der Waals surface area (Å²) in [5.74, 6) is -0.0984. The number of pyridine rings is 1. The predicted octanol–water partition coefficient (Wildman–Crippen LogP) is 4.10. The Kier molecular flexibility index (Phi) is 4.88. The van der Waals surface area contributed by atoms with Gasteiger partial charge >= 0.3 is 0 Å². The topological polar surface area (TPSA) is 59.8 Å². The quantitative estimate of drug-likeness (QED) is 0.698. The number of benzene rings is 1. The number of halogens is 1. The van der Waals surface area contributed by atoms with Crippen LogP contribution < -0.4 is 5.32 Å². The van der Waals surface area contributed by atoms with Gasteiger partial charge in [-0.1, -0.05) is 28.1 Å². The summed E-state index contributed by atoms with van der Waals surface area (Å²) in [5.41, 5.74) is 3.76. The van der Waals surface area contributed by atoms with E-state index in [-0.39, 0.29) is 11.4 Å². The van der Waals surface area contributed by atoms with Crippen molar-refractivity contribution in [3.63, 3.8) is 0 Å². The van der Waals surface area contributed by atoms with Crippen molar-refractivity contribution in [2.45, 2.75) is 39.7 Å². The largest absolute Gasteiger partial charge is 0.347 e. The molecular formula is C20H23BrN4O. The van der Waals surface area contributed by atoms with Crippen molar-refractivity contribution in [3.8, 4) is 0 Å². The van der Waals surface area contributed by atoms with Gasteiger partial charge in [-0.3, -0.25) is 9.48 Å². The second kappa shape index (κ2) is 6.83. The molecule has 0 aliphatic heterocycles. The predicted molar refractivity (Wildman–Crippen MR) is 107 cm³/mol. The highest BCUT2D eigenvalue weighted by molar-refractivity contribution is 9.10. The molecule has 3 aromatic rings. The molecule has 1 N–H and O–H groups in total. The van der Waals surface area contributed by atoms with Crippen molar-refractivity contribution >= 4 is 32.9 Å². The van der Waals surface area contributed by atoms with Crippen molar-refractivity contribution in [3.05, 3.63) is 57.3 Å². The molecule has 26 heavy (non-hydrogen) atoms. The minimum absolute atomic E-state index is 0.0984. The number of amides is 1. The zero-order valence-electron chi connectivity index (χ0n) is 15.7. The van der Waals surface area contributed by atoms with E-state index >= 15 is 0 Å². The van der Waals surface area contributed by atoms with E-state index < -0.39 is 0 Å². The summed E-state index contributed by atoms with van der Waals surface area (Å²) in [6.45, 7) is 7.87. The Morgan fingerprint density at radius 3 is 2.54 bits per heavy atom. The summed E-state index contributed by atoms with van der Waals surface area (Å²) in [6, 6.07) is 10.0. The van der Waals surface area contributed by atoms with Crippen LogP contribution in [0.3, 0.4) is 0 Å². The monoisotopic (exact) mass is 414 g/mol. The summed E-state index contributed by atoms with van der Waals surface area (Å²) in [5, 5.41) is 8.41. The molecule has 2 aromatic heterocycles. The third kappa shape index (κ3) is 3.80. The standard InChI is InChI=1S/C20H23BrN4O/c1-12-10-16(17-13(2)24-25(5)18(17)22-12)19(26)23-20(3,4)11-14-6-8-15(21)9-7-14/h6-10H,11H2,1-5H3,(H,23,26). The zero-order chi connectivity index (χ0) is 19.1. The van der Waals surface area contributed by atoms with Crippen LogP contribution in [0.25, 0.3) is 11.0 Å². The molecule has 0 bridgehead atoms. The van der Waals surface area contributed by atoms with E-state index in [0.29, 0.717) is 5.56 Å².